The quantitative estimate of drug-likeness (QED) is 0.198. The Hall–Kier alpha value is -3.47. The van der Waals surface area contributed by atoms with E-state index < -0.39 is 17.2 Å². The molecular weight excluding hydrogens is 600 g/mol. The summed E-state index contributed by atoms with van der Waals surface area (Å²) in [4.78, 5) is 30.4. The smallest absolute Gasteiger partial charge is 0.352 e. The van der Waals surface area contributed by atoms with Gasteiger partial charge in [-0.3, -0.25) is 9.78 Å². The van der Waals surface area contributed by atoms with Crippen LogP contribution in [0.25, 0.3) is 22.2 Å². The normalized spacial score (nSPS) is 23.1. The number of rotatable bonds is 9. The molecule has 0 saturated heterocycles. The lowest BCUT2D eigenvalue weighted by atomic mass is 9.59. The van der Waals surface area contributed by atoms with Crippen LogP contribution in [-0.2, 0) is 11.3 Å². The monoisotopic (exact) mass is 627 g/mol. The van der Waals surface area contributed by atoms with Gasteiger partial charge in [-0.15, -0.1) is 0 Å². The number of H-pyrrole nitrogens is 1. The molecule has 1 aromatic carbocycles. The Morgan fingerprint density at radius 3 is 2.44 bits per heavy atom. The molecule has 8 rings (SSSR count). The first-order valence-corrected chi connectivity index (χ1v) is 15.1. The summed E-state index contributed by atoms with van der Waals surface area (Å²) in [6.45, 7) is 0.654. The molecule has 0 atom stereocenters. The molecule has 0 unspecified atom stereocenters. The van der Waals surface area contributed by atoms with Gasteiger partial charge in [0.05, 0.1) is 34.4 Å². The third-order valence-corrected chi connectivity index (χ3v) is 9.93. The molecule has 3 aromatic heterocycles. The molecule has 0 spiro atoms. The number of carboxylic acid groups (broad SMARTS) is 1. The first-order valence-electron chi connectivity index (χ1n) is 14.3. The molecule has 4 fully saturated rings. The summed E-state index contributed by atoms with van der Waals surface area (Å²) in [6.07, 6.45) is 10.3. The number of nitrogens with one attached hydrogen (secondary N) is 1. The van der Waals surface area contributed by atoms with Crippen molar-refractivity contribution in [2.24, 2.45) is 5.41 Å². The van der Waals surface area contributed by atoms with Crippen molar-refractivity contribution in [1.29, 1.82) is 0 Å². The van der Waals surface area contributed by atoms with Crippen molar-refractivity contribution < 1.29 is 28.3 Å². The second-order valence-electron chi connectivity index (χ2n) is 12.1. The van der Waals surface area contributed by atoms with E-state index in [1.54, 1.807) is 12.4 Å². The zero-order chi connectivity index (χ0) is 29.9. The van der Waals surface area contributed by atoms with Crippen molar-refractivity contribution >= 4 is 40.1 Å². The van der Waals surface area contributed by atoms with E-state index in [9.17, 15) is 19.1 Å². The summed E-state index contributed by atoms with van der Waals surface area (Å²) in [5.74, 6) is -0.808. The van der Waals surface area contributed by atoms with E-state index in [1.165, 1.54) is 6.07 Å². The lowest BCUT2D eigenvalue weighted by Gasteiger charge is -2.52. The van der Waals surface area contributed by atoms with Crippen LogP contribution in [0.2, 0.25) is 10.0 Å². The van der Waals surface area contributed by atoms with E-state index in [0.717, 1.165) is 74.8 Å². The zero-order valence-corrected chi connectivity index (χ0v) is 24.6. The summed E-state index contributed by atoms with van der Waals surface area (Å²) in [5, 5.41) is 14.5. The number of fused-ring (bicyclic) bond motifs is 4. The molecule has 0 aliphatic heterocycles. The fourth-order valence-corrected chi connectivity index (χ4v) is 7.10. The van der Waals surface area contributed by atoms with Crippen LogP contribution in [-0.4, -0.2) is 38.4 Å². The Labute approximate surface area is 255 Å². The van der Waals surface area contributed by atoms with Gasteiger partial charge in [0.2, 0.25) is 0 Å². The summed E-state index contributed by atoms with van der Waals surface area (Å²) < 4.78 is 33.4. The van der Waals surface area contributed by atoms with Gasteiger partial charge in [-0.2, -0.15) is 0 Å². The Morgan fingerprint density at radius 2 is 1.79 bits per heavy atom. The van der Waals surface area contributed by atoms with Gasteiger partial charge in [0, 0.05) is 52.4 Å². The zero-order valence-electron chi connectivity index (χ0n) is 23.1. The Balaban J connectivity index is 1.04. The average molecular weight is 628 g/mol. The molecule has 3 heterocycles. The number of hydrogen-bond donors (Lipinski definition) is 2. The van der Waals surface area contributed by atoms with Crippen LogP contribution >= 0.6 is 23.2 Å². The van der Waals surface area contributed by atoms with E-state index in [-0.39, 0.29) is 33.4 Å². The summed E-state index contributed by atoms with van der Waals surface area (Å²) in [6, 6.07) is 3.45. The molecule has 9 nitrogen and oxygen atoms in total. The number of carboxylic acids is 1. The summed E-state index contributed by atoms with van der Waals surface area (Å²) in [7, 11) is 0. The Morgan fingerprint density at radius 1 is 1.09 bits per heavy atom. The standard InChI is InChI=1S/C31H28Cl2FN3O6/c32-19-12-35-13-20(33)26(19)27-18(28(43-37-27)16-1-2-16)14-42-31-6-3-30(4-7-31,5-8-31)15-41-25-9-17-22(10-21(25)34)36-23(29(39)40)11-24(17)38/h9-13,16H,1-8,14-15H2,(H,36,38)(H,39,40). The molecule has 2 N–H and O–H groups in total. The van der Waals surface area contributed by atoms with Gasteiger partial charge in [-0.1, -0.05) is 28.4 Å². The van der Waals surface area contributed by atoms with Crippen LogP contribution in [0.15, 0.2) is 39.9 Å². The third-order valence-electron chi connectivity index (χ3n) is 9.36. The molecule has 0 amide bonds. The number of aromatic nitrogens is 3. The van der Waals surface area contributed by atoms with Gasteiger partial charge in [0.1, 0.15) is 17.1 Å². The van der Waals surface area contributed by atoms with Crippen LogP contribution in [0, 0.1) is 11.2 Å². The Bertz CT molecular complexity index is 1770. The second-order valence-corrected chi connectivity index (χ2v) is 12.9. The topological polar surface area (TPSA) is 128 Å². The average Bonchev–Trinajstić information content (AvgIpc) is 3.76. The lowest BCUT2D eigenvalue weighted by Crippen LogP contribution is -2.49. The maximum absolute atomic E-state index is 14.9. The van der Waals surface area contributed by atoms with E-state index >= 15 is 0 Å². The highest BCUT2D eigenvalue weighted by molar-refractivity contribution is 6.38. The minimum atomic E-state index is -1.29. The van der Waals surface area contributed by atoms with Crippen molar-refractivity contribution in [2.45, 2.75) is 69.5 Å². The number of pyridine rings is 2. The van der Waals surface area contributed by atoms with Crippen molar-refractivity contribution in [3.8, 4) is 17.0 Å². The van der Waals surface area contributed by atoms with Crippen LogP contribution in [0.4, 0.5) is 4.39 Å². The summed E-state index contributed by atoms with van der Waals surface area (Å²) >= 11 is 12.9. The molecular formula is C31H28Cl2FN3O6. The van der Waals surface area contributed by atoms with Crippen LogP contribution < -0.4 is 10.2 Å². The molecule has 2 bridgehead atoms. The number of aromatic amines is 1. The van der Waals surface area contributed by atoms with Crippen LogP contribution in [0.3, 0.4) is 0 Å². The molecule has 43 heavy (non-hydrogen) atoms. The number of ether oxygens (including phenoxy) is 2. The number of aromatic carboxylic acids is 1. The fraction of sp³-hybridized carbons (Fsp3) is 0.419. The summed E-state index contributed by atoms with van der Waals surface area (Å²) in [5.41, 5.74) is 0.973. The molecule has 4 aromatic rings. The molecule has 4 aliphatic carbocycles. The minimum absolute atomic E-state index is 0.0184. The van der Waals surface area contributed by atoms with Gasteiger partial charge in [-0.25, -0.2) is 9.18 Å². The maximum Gasteiger partial charge on any atom is 0.352 e. The maximum atomic E-state index is 14.9. The first-order chi connectivity index (χ1) is 20.7. The SMILES string of the molecule is O=C(O)c1cc(=O)c2cc(OCC34CCC(OCc5c(-c6c(Cl)cncc6Cl)noc5C5CC5)(CC3)CC4)c(F)cc2[nH]1. The van der Waals surface area contributed by atoms with Gasteiger partial charge in [0.15, 0.2) is 17.0 Å². The molecule has 224 valence electrons. The van der Waals surface area contributed by atoms with Crippen LogP contribution in [0.1, 0.15) is 79.1 Å². The number of nitrogens with zero attached hydrogens (tertiary/aromatic N) is 2. The van der Waals surface area contributed by atoms with E-state index in [2.05, 4.69) is 15.1 Å². The predicted molar refractivity (Wildman–Crippen MR) is 156 cm³/mol. The minimum Gasteiger partial charge on any atom is -0.490 e. The largest absolute Gasteiger partial charge is 0.490 e. The second kappa shape index (κ2) is 10.6. The van der Waals surface area contributed by atoms with Gasteiger partial charge >= 0.3 is 5.97 Å². The van der Waals surface area contributed by atoms with E-state index in [4.69, 9.17) is 37.2 Å². The van der Waals surface area contributed by atoms with Crippen LogP contribution in [0.5, 0.6) is 5.75 Å². The van der Waals surface area contributed by atoms with E-state index in [1.807, 2.05) is 0 Å². The molecule has 4 saturated carbocycles. The van der Waals surface area contributed by atoms with Crippen molar-refractivity contribution in [2.75, 3.05) is 6.61 Å². The Kier molecular flexibility index (Phi) is 6.98. The van der Waals surface area contributed by atoms with Crippen molar-refractivity contribution in [3.05, 3.63) is 73.7 Å². The van der Waals surface area contributed by atoms with Crippen molar-refractivity contribution in [3.63, 3.8) is 0 Å². The number of hydrogen-bond acceptors (Lipinski definition) is 7. The fourth-order valence-electron chi connectivity index (χ4n) is 6.56. The van der Waals surface area contributed by atoms with Gasteiger partial charge in [-0.05, 0) is 57.4 Å². The molecule has 12 heteroatoms. The highest BCUT2D eigenvalue weighted by Crippen LogP contribution is 2.55. The number of benzene rings is 1. The molecule has 4 aliphatic rings. The van der Waals surface area contributed by atoms with E-state index in [0.29, 0.717) is 40.4 Å². The molecule has 0 radical (unpaired) electrons. The number of carbonyl (C=O) groups is 1. The van der Waals surface area contributed by atoms with Crippen molar-refractivity contribution in [1.82, 2.24) is 15.1 Å². The highest BCUT2D eigenvalue weighted by Gasteiger charge is 2.50. The van der Waals surface area contributed by atoms with Gasteiger partial charge in [0.25, 0.3) is 0 Å². The van der Waals surface area contributed by atoms with Gasteiger partial charge < -0.3 is 24.1 Å². The predicted octanol–water partition coefficient (Wildman–Crippen LogP) is 7.29. The highest BCUT2D eigenvalue weighted by atomic mass is 35.5. The first kappa shape index (κ1) is 28.3. The number of halogens is 3. The third kappa shape index (κ3) is 5.19. The lowest BCUT2D eigenvalue weighted by molar-refractivity contribution is -0.150.